The summed E-state index contributed by atoms with van der Waals surface area (Å²) in [5.41, 5.74) is 2.05. The van der Waals surface area contributed by atoms with Crippen molar-refractivity contribution >= 4 is 39.8 Å². The molecule has 0 unspecified atom stereocenters. The summed E-state index contributed by atoms with van der Waals surface area (Å²) in [5.74, 6) is 0.448. The fourth-order valence-corrected chi connectivity index (χ4v) is 4.46. The molecular formula is C22H21N5O2S. The van der Waals surface area contributed by atoms with Crippen molar-refractivity contribution in [1.82, 2.24) is 15.6 Å². The van der Waals surface area contributed by atoms with E-state index in [9.17, 15) is 10.1 Å². The van der Waals surface area contributed by atoms with Crippen molar-refractivity contribution in [3.8, 4) is 11.8 Å². The standard InChI is InChI=1S/C22H21N5O2S/c23-11-14-12-25-18-4-1-13(9-17(18)20(14)29-16-5-7-24-8-6-16)10-19-21(28)27-22(30-19)26-15-2-3-15/h1,4,9-10,12,15-16,24H,2-3,5-8H2,(H,26,27,28)/b19-10-. The lowest BCUT2D eigenvalue weighted by molar-refractivity contribution is -0.115. The van der Waals surface area contributed by atoms with Crippen molar-refractivity contribution in [3.63, 3.8) is 0 Å². The fraction of sp³-hybridized carbons (Fsp3) is 0.364. The molecule has 2 aliphatic heterocycles. The van der Waals surface area contributed by atoms with Crippen LogP contribution in [0.25, 0.3) is 17.0 Å². The second kappa shape index (κ2) is 8.09. The van der Waals surface area contributed by atoms with Crippen LogP contribution in [0.15, 0.2) is 34.3 Å². The number of rotatable bonds is 4. The Hall–Kier alpha value is -2.89. The highest BCUT2D eigenvalue weighted by molar-refractivity contribution is 8.18. The van der Waals surface area contributed by atoms with Gasteiger partial charge in [-0.25, -0.2) is 0 Å². The molecule has 3 heterocycles. The van der Waals surface area contributed by atoms with Gasteiger partial charge in [-0.2, -0.15) is 5.26 Å². The molecule has 2 N–H and O–H groups in total. The van der Waals surface area contributed by atoms with Crippen LogP contribution in [0.2, 0.25) is 0 Å². The van der Waals surface area contributed by atoms with E-state index in [2.05, 4.69) is 26.7 Å². The first-order valence-corrected chi connectivity index (χ1v) is 11.0. The van der Waals surface area contributed by atoms with Gasteiger partial charge in [0.15, 0.2) is 5.17 Å². The number of benzene rings is 1. The molecule has 7 nitrogen and oxygen atoms in total. The zero-order chi connectivity index (χ0) is 20.5. The topological polar surface area (TPSA) is 99.4 Å². The Balaban J connectivity index is 1.49. The predicted molar refractivity (Wildman–Crippen MR) is 117 cm³/mol. The minimum absolute atomic E-state index is 0.0725. The van der Waals surface area contributed by atoms with E-state index in [1.165, 1.54) is 11.8 Å². The fourth-order valence-electron chi connectivity index (χ4n) is 3.57. The van der Waals surface area contributed by atoms with E-state index in [0.717, 1.165) is 55.2 Å². The minimum atomic E-state index is -0.130. The van der Waals surface area contributed by atoms with Gasteiger partial charge in [-0.05, 0) is 74.3 Å². The number of piperidine rings is 1. The summed E-state index contributed by atoms with van der Waals surface area (Å²) in [6.07, 6.45) is 7.48. The van der Waals surface area contributed by atoms with Crippen molar-refractivity contribution in [2.24, 2.45) is 4.99 Å². The van der Waals surface area contributed by atoms with E-state index in [1.807, 2.05) is 24.3 Å². The SMILES string of the molecule is N#Cc1cnc2ccc(/C=C3\SC(=NC4CC4)NC3=O)cc2c1OC1CCNCC1. The van der Waals surface area contributed by atoms with Gasteiger partial charge in [0, 0.05) is 11.6 Å². The third-order valence-corrected chi connectivity index (χ3v) is 6.25. The second-order valence-corrected chi connectivity index (χ2v) is 8.72. The normalized spacial score (nSPS) is 22.4. The van der Waals surface area contributed by atoms with Gasteiger partial charge < -0.3 is 15.4 Å². The number of aliphatic imine (C=N–C) groups is 1. The number of nitrogens with zero attached hydrogens (tertiary/aromatic N) is 3. The average molecular weight is 420 g/mol. The molecule has 5 rings (SSSR count). The van der Waals surface area contributed by atoms with Crippen LogP contribution in [0.3, 0.4) is 0 Å². The summed E-state index contributed by atoms with van der Waals surface area (Å²) in [4.78, 5) is 21.9. The number of hydrogen-bond acceptors (Lipinski definition) is 7. The molecule has 1 aliphatic carbocycles. The first-order chi connectivity index (χ1) is 14.7. The van der Waals surface area contributed by atoms with Crippen LogP contribution < -0.4 is 15.4 Å². The van der Waals surface area contributed by atoms with Crippen LogP contribution >= 0.6 is 11.8 Å². The van der Waals surface area contributed by atoms with E-state index in [-0.39, 0.29) is 12.0 Å². The van der Waals surface area contributed by atoms with Crippen LogP contribution in [0.4, 0.5) is 0 Å². The molecule has 3 aliphatic rings. The van der Waals surface area contributed by atoms with Crippen LogP contribution in [0, 0.1) is 11.3 Å². The first kappa shape index (κ1) is 19.1. The Morgan fingerprint density at radius 3 is 2.87 bits per heavy atom. The zero-order valence-corrected chi connectivity index (χ0v) is 17.2. The molecule has 0 radical (unpaired) electrons. The smallest absolute Gasteiger partial charge is 0.264 e. The van der Waals surface area contributed by atoms with Crippen LogP contribution in [-0.2, 0) is 4.79 Å². The number of nitrogens with one attached hydrogen (secondary N) is 2. The van der Waals surface area contributed by atoms with Gasteiger partial charge in [0.2, 0.25) is 0 Å². The molecule has 2 saturated heterocycles. The van der Waals surface area contributed by atoms with Crippen molar-refractivity contribution < 1.29 is 9.53 Å². The molecule has 152 valence electrons. The summed E-state index contributed by atoms with van der Waals surface area (Å²) >= 11 is 1.37. The Morgan fingerprint density at radius 2 is 2.10 bits per heavy atom. The van der Waals surface area contributed by atoms with Gasteiger partial charge in [0.25, 0.3) is 5.91 Å². The average Bonchev–Trinajstić information content (AvgIpc) is 3.51. The summed E-state index contributed by atoms with van der Waals surface area (Å²) < 4.78 is 6.28. The van der Waals surface area contributed by atoms with Crippen molar-refractivity contribution in [3.05, 3.63) is 40.4 Å². The number of aromatic nitrogens is 1. The Kier molecular flexibility index (Phi) is 5.15. The van der Waals surface area contributed by atoms with Gasteiger partial charge in [0.05, 0.1) is 16.5 Å². The van der Waals surface area contributed by atoms with Crippen LogP contribution in [-0.4, -0.2) is 41.3 Å². The molecule has 30 heavy (non-hydrogen) atoms. The van der Waals surface area contributed by atoms with Gasteiger partial charge in [-0.15, -0.1) is 0 Å². The molecule has 1 saturated carbocycles. The molecule has 3 fully saturated rings. The lowest BCUT2D eigenvalue weighted by Gasteiger charge is -2.25. The number of ether oxygens (including phenoxy) is 1. The molecule has 0 bridgehead atoms. The molecule has 1 amide bonds. The maximum atomic E-state index is 12.3. The number of hydrogen-bond donors (Lipinski definition) is 2. The molecule has 8 heteroatoms. The van der Waals surface area contributed by atoms with Crippen molar-refractivity contribution in [2.45, 2.75) is 37.8 Å². The van der Waals surface area contributed by atoms with Crippen LogP contribution in [0.5, 0.6) is 5.75 Å². The number of amidine groups is 1. The Labute approximate surface area is 178 Å². The van der Waals surface area contributed by atoms with Crippen LogP contribution in [0.1, 0.15) is 36.8 Å². The third-order valence-electron chi connectivity index (χ3n) is 5.33. The van der Waals surface area contributed by atoms with E-state index < -0.39 is 0 Å². The van der Waals surface area contributed by atoms with E-state index >= 15 is 0 Å². The summed E-state index contributed by atoms with van der Waals surface area (Å²) in [6, 6.07) is 8.33. The highest BCUT2D eigenvalue weighted by Crippen LogP contribution is 2.34. The number of nitriles is 1. The number of fused-ring (bicyclic) bond motifs is 1. The van der Waals surface area contributed by atoms with Gasteiger partial charge in [0.1, 0.15) is 23.5 Å². The highest BCUT2D eigenvalue weighted by Gasteiger charge is 2.28. The lowest BCUT2D eigenvalue weighted by Crippen LogP contribution is -2.34. The molecule has 1 aromatic carbocycles. The molecule has 0 atom stereocenters. The molecular weight excluding hydrogens is 398 g/mol. The first-order valence-electron chi connectivity index (χ1n) is 10.2. The number of thioether (sulfide) groups is 1. The van der Waals surface area contributed by atoms with Gasteiger partial charge in [-0.3, -0.25) is 14.8 Å². The zero-order valence-electron chi connectivity index (χ0n) is 16.4. The predicted octanol–water partition coefficient (Wildman–Crippen LogP) is 2.96. The second-order valence-electron chi connectivity index (χ2n) is 7.69. The van der Waals surface area contributed by atoms with E-state index in [0.29, 0.717) is 27.4 Å². The number of carbonyl (C=O) groups is 1. The van der Waals surface area contributed by atoms with E-state index in [4.69, 9.17) is 4.74 Å². The number of pyridine rings is 1. The summed E-state index contributed by atoms with van der Waals surface area (Å²) in [6.45, 7) is 1.81. The van der Waals surface area contributed by atoms with Crippen molar-refractivity contribution in [1.29, 1.82) is 5.26 Å². The third kappa shape index (κ3) is 4.04. The minimum Gasteiger partial charge on any atom is -0.488 e. The summed E-state index contributed by atoms with van der Waals surface area (Å²) in [5, 5.41) is 17.2. The van der Waals surface area contributed by atoms with Crippen molar-refractivity contribution in [2.75, 3.05) is 13.1 Å². The number of amides is 1. The number of carbonyl (C=O) groups excluding carboxylic acids is 1. The van der Waals surface area contributed by atoms with Gasteiger partial charge in [-0.1, -0.05) is 6.07 Å². The Morgan fingerprint density at radius 1 is 1.27 bits per heavy atom. The summed E-state index contributed by atoms with van der Waals surface area (Å²) in [7, 11) is 0. The van der Waals surface area contributed by atoms with Gasteiger partial charge >= 0.3 is 0 Å². The van der Waals surface area contributed by atoms with E-state index in [1.54, 1.807) is 6.20 Å². The largest absolute Gasteiger partial charge is 0.488 e. The Bertz CT molecular complexity index is 1110. The lowest BCUT2D eigenvalue weighted by atomic mass is 10.1. The monoisotopic (exact) mass is 419 g/mol. The molecule has 0 spiro atoms. The quantitative estimate of drug-likeness (QED) is 0.739. The maximum absolute atomic E-state index is 12.3. The maximum Gasteiger partial charge on any atom is 0.264 e. The molecule has 2 aromatic rings. The highest BCUT2D eigenvalue weighted by atomic mass is 32.2. The molecule has 1 aromatic heterocycles.